The maximum atomic E-state index is 12.9. The number of fused-ring (bicyclic) bond motifs is 1. The molecule has 1 saturated heterocycles. The smallest absolute Gasteiger partial charge is 0.271 e. The van der Waals surface area contributed by atoms with Gasteiger partial charge in [-0.15, -0.1) is 0 Å². The number of rotatable bonds is 6. The molecule has 8 nitrogen and oxygen atoms in total. The van der Waals surface area contributed by atoms with Crippen molar-refractivity contribution in [3.63, 3.8) is 0 Å². The Hall–Kier alpha value is -2.65. The number of aromatic amines is 1. The standard InChI is InChI=1S/C24H28BrClN6O2/c1-6-20(33)32-11-13(12-32)27-23(34)21-22(25)28-19(31(21)5)8-7-17-14-9-15(24(2,3)4)16(26)10-18(14)30-29-17/h6,9-10,13H,1,7-8,11-12H2,2-5H3,(H,27,34)(H,29,30). The van der Waals surface area contributed by atoms with Gasteiger partial charge in [-0.25, -0.2) is 4.98 Å². The summed E-state index contributed by atoms with van der Waals surface area (Å²) in [6.07, 6.45) is 2.59. The van der Waals surface area contributed by atoms with Crippen LogP contribution >= 0.6 is 27.5 Å². The van der Waals surface area contributed by atoms with E-state index in [1.165, 1.54) is 6.08 Å². The highest BCUT2D eigenvalue weighted by Crippen LogP contribution is 2.33. The quantitative estimate of drug-likeness (QED) is 0.457. The van der Waals surface area contributed by atoms with E-state index in [0.29, 0.717) is 41.3 Å². The molecule has 3 aromatic rings. The molecule has 0 bridgehead atoms. The van der Waals surface area contributed by atoms with Gasteiger partial charge in [0.15, 0.2) is 0 Å². The van der Waals surface area contributed by atoms with Crippen molar-refractivity contribution in [3.05, 3.63) is 57.2 Å². The van der Waals surface area contributed by atoms with E-state index in [1.807, 2.05) is 13.1 Å². The van der Waals surface area contributed by atoms with E-state index in [1.54, 1.807) is 9.47 Å². The molecule has 0 atom stereocenters. The molecule has 2 aromatic heterocycles. The Labute approximate surface area is 211 Å². The van der Waals surface area contributed by atoms with Gasteiger partial charge in [0, 0.05) is 42.7 Å². The van der Waals surface area contributed by atoms with Crippen LogP contribution < -0.4 is 5.32 Å². The molecule has 1 aliphatic heterocycles. The Morgan fingerprint density at radius 2 is 2.03 bits per heavy atom. The van der Waals surface area contributed by atoms with Crippen molar-refractivity contribution in [1.29, 1.82) is 0 Å². The second-order valence-electron chi connectivity index (χ2n) is 9.65. The van der Waals surface area contributed by atoms with Crippen LogP contribution in [0, 0.1) is 0 Å². The molecule has 34 heavy (non-hydrogen) atoms. The molecule has 0 saturated carbocycles. The molecule has 1 fully saturated rings. The molecule has 4 rings (SSSR count). The van der Waals surface area contributed by atoms with Crippen molar-refractivity contribution in [1.82, 2.24) is 30.0 Å². The fourth-order valence-corrected chi connectivity index (χ4v) is 5.29. The predicted molar refractivity (Wildman–Crippen MR) is 136 cm³/mol. The van der Waals surface area contributed by atoms with Crippen LogP contribution in [0.25, 0.3) is 10.9 Å². The number of nitrogens with zero attached hydrogens (tertiary/aromatic N) is 4. The number of aryl methyl sites for hydroxylation is 2. The molecule has 1 aromatic carbocycles. The third kappa shape index (κ3) is 4.63. The predicted octanol–water partition coefficient (Wildman–Crippen LogP) is 3.92. The summed E-state index contributed by atoms with van der Waals surface area (Å²) in [6, 6.07) is 3.94. The van der Waals surface area contributed by atoms with Crippen molar-refractivity contribution >= 4 is 50.2 Å². The number of nitrogens with one attached hydrogen (secondary N) is 2. The maximum absolute atomic E-state index is 12.9. The van der Waals surface area contributed by atoms with Gasteiger partial charge < -0.3 is 14.8 Å². The number of amides is 2. The van der Waals surface area contributed by atoms with Crippen molar-refractivity contribution in [3.8, 4) is 0 Å². The summed E-state index contributed by atoms with van der Waals surface area (Å²) in [6.45, 7) is 10.8. The average molecular weight is 548 g/mol. The number of carbonyl (C=O) groups excluding carboxylic acids is 2. The second-order valence-corrected chi connectivity index (χ2v) is 10.8. The number of hydrogen-bond acceptors (Lipinski definition) is 4. The minimum Gasteiger partial charge on any atom is -0.344 e. The van der Waals surface area contributed by atoms with Gasteiger partial charge in [0.05, 0.1) is 11.6 Å². The lowest BCUT2D eigenvalue weighted by atomic mass is 9.86. The van der Waals surface area contributed by atoms with Crippen molar-refractivity contribution in [2.45, 2.75) is 45.1 Å². The number of halogens is 2. The summed E-state index contributed by atoms with van der Waals surface area (Å²) >= 11 is 9.93. The number of imidazole rings is 1. The summed E-state index contributed by atoms with van der Waals surface area (Å²) in [4.78, 5) is 30.7. The first-order chi connectivity index (χ1) is 16.0. The minimum absolute atomic E-state index is 0.0803. The van der Waals surface area contributed by atoms with Crippen molar-refractivity contribution in [2.75, 3.05) is 13.1 Å². The SMILES string of the molecule is C=CC(=O)N1CC(NC(=O)c2c(Br)nc(CCc3[nH]nc4cc(Cl)c(C(C)(C)C)cc34)n2C)C1. The van der Waals surface area contributed by atoms with E-state index in [0.717, 1.165) is 28.0 Å². The Morgan fingerprint density at radius 1 is 1.32 bits per heavy atom. The average Bonchev–Trinajstić information content (AvgIpc) is 3.25. The van der Waals surface area contributed by atoms with Crippen LogP contribution in [0.1, 0.15) is 48.3 Å². The highest BCUT2D eigenvalue weighted by Gasteiger charge is 2.32. The maximum Gasteiger partial charge on any atom is 0.271 e. The first-order valence-corrected chi connectivity index (χ1v) is 12.3. The third-order valence-electron chi connectivity index (χ3n) is 6.19. The van der Waals surface area contributed by atoms with Gasteiger partial charge in [0.25, 0.3) is 5.91 Å². The molecule has 0 spiro atoms. The van der Waals surface area contributed by atoms with Crippen LogP contribution in [0.3, 0.4) is 0 Å². The lowest BCUT2D eigenvalue weighted by molar-refractivity contribution is -0.130. The topological polar surface area (TPSA) is 95.9 Å². The van der Waals surface area contributed by atoms with E-state index in [2.05, 4.69) is 69.8 Å². The third-order valence-corrected chi connectivity index (χ3v) is 7.06. The molecular formula is C24H28BrClN6O2. The summed E-state index contributed by atoms with van der Waals surface area (Å²) in [5.74, 6) is 0.430. The highest BCUT2D eigenvalue weighted by atomic mass is 79.9. The number of aromatic nitrogens is 4. The highest BCUT2D eigenvalue weighted by molar-refractivity contribution is 9.10. The first-order valence-electron chi connectivity index (χ1n) is 11.1. The first kappa shape index (κ1) is 24.5. The van der Waals surface area contributed by atoms with E-state index < -0.39 is 0 Å². The summed E-state index contributed by atoms with van der Waals surface area (Å²) in [5.41, 5.74) is 3.29. The molecule has 3 heterocycles. The fraction of sp³-hybridized carbons (Fsp3) is 0.417. The Kier molecular flexibility index (Phi) is 6.61. The molecule has 2 amide bonds. The molecule has 10 heteroatoms. The number of likely N-dealkylation sites (tertiary alicyclic amines) is 1. The molecule has 180 valence electrons. The second kappa shape index (κ2) is 9.19. The normalized spacial score (nSPS) is 14.4. The zero-order valence-corrected chi connectivity index (χ0v) is 22.0. The number of hydrogen-bond donors (Lipinski definition) is 2. The monoisotopic (exact) mass is 546 g/mol. The lowest BCUT2D eigenvalue weighted by Crippen LogP contribution is -2.60. The van der Waals surface area contributed by atoms with E-state index in [-0.39, 0.29) is 23.3 Å². The molecule has 0 aliphatic carbocycles. The Morgan fingerprint density at radius 3 is 2.68 bits per heavy atom. The molecular weight excluding hydrogens is 520 g/mol. The van der Waals surface area contributed by atoms with Gasteiger partial charge in [-0.05, 0) is 51.5 Å². The molecule has 0 radical (unpaired) electrons. The lowest BCUT2D eigenvalue weighted by Gasteiger charge is -2.38. The summed E-state index contributed by atoms with van der Waals surface area (Å²) in [5, 5.41) is 12.3. The molecule has 2 N–H and O–H groups in total. The summed E-state index contributed by atoms with van der Waals surface area (Å²) < 4.78 is 2.30. The van der Waals surface area contributed by atoms with Crippen LogP contribution in [0.5, 0.6) is 0 Å². The number of carbonyl (C=O) groups is 2. The summed E-state index contributed by atoms with van der Waals surface area (Å²) in [7, 11) is 1.83. The van der Waals surface area contributed by atoms with Crippen molar-refractivity contribution in [2.24, 2.45) is 7.05 Å². The molecule has 1 aliphatic rings. The van der Waals surface area contributed by atoms with Crippen LogP contribution in [0.4, 0.5) is 0 Å². The van der Waals surface area contributed by atoms with Gasteiger partial charge in [0.2, 0.25) is 5.91 Å². The van der Waals surface area contributed by atoms with E-state index >= 15 is 0 Å². The van der Waals surface area contributed by atoms with Crippen LogP contribution in [0.15, 0.2) is 29.4 Å². The largest absolute Gasteiger partial charge is 0.344 e. The van der Waals surface area contributed by atoms with Gasteiger partial charge in [-0.3, -0.25) is 14.7 Å². The fourth-order valence-electron chi connectivity index (χ4n) is 4.20. The Bertz CT molecular complexity index is 1280. The number of H-pyrrole nitrogens is 1. The van der Waals surface area contributed by atoms with E-state index in [9.17, 15) is 9.59 Å². The van der Waals surface area contributed by atoms with Gasteiger partial charge in [-0.2, -0.15) is 5.10 Å². The molecule has 0 unspecified atom stereocenters. The van der Waals surface area contributed by atoms with Gasteiger partial charge in [0.1, 0.15) is 16.1 Å². The van der Waals surface area contributed by atoms with Crippen molar-refractivity contribution < 1.29 is 9.59 Å². The Balaban J connectivity index is 1.47. The zero-order valence-electron chi connectivity index (χ0n) is 19.7. The van der Waals surface area contributed by atoms with Crippen LogP contribution in [-0.2, 0) is 30.1 Å². The van der Waals surface area contributed by atoms with E-state index in [4.69, 9.17) is 11.6 Å². The van der Waals surface area contributed by atoms with Crippen LogP contribution in [-0.4, -0.2) is 55.6 Å². The number of benzene rings is 1. The minimum atomic E-state index is -0.222. The van der Waals surface area contributed by atoms with Gasteiger partial charge in [-0.1, -0.05) is 39.0 Å². The zero-order chi connectivity index (χ0) is 24.8. The van der Waals surface area contributed by atoms with Crippen LogP contribution in [0.2, 0.25) is 5.02 Å². The van der Waals surface area contributed by atoms with Gasteiger partial charge >= 0.3 is 0 Å².